The SMILES string of the molecule is COC(C)C(=O)NCC(O)C1CC1. The zero-order chi connectivity index (χ0) is 9.84. The standard InChI is InChI=1S/C9H17NO3/c1-6(13-2)9(12)10-5-8(11)7-3-4-7/h6-8,11H,3-5H2,1-2H3,(H,10,12). The number of aliphatic hydroxyl groups is 1. The number of aliphatic hydroxyl groups excluding tert-OH is 1. The summed E-state index contributed by atoms with van der Waals surface area (Å²) in [6.07, 6.45) is 1.34. The molecule has 4 nitrogen and oxygen atoms in total. The number of rotatable bonds is 5. The van der Waals surface area contributed by atoms with Gasteiger partial charge in [0.2, 0.25) is 5.91 Å². The van der Waals surface area contributed by atoms with Crippen molar-refractivity contribution in [3.05, 3.63) is 0 Å². The highest BCUT2D eigenvalue weighted by Gasteiger charge is 2.29. The van der Waals surface area contributed by atoms with Crippen molar-refractivity contribution in [3.8, 4) is 0 Å². The lowest BCUT2D eigenvalue weighted by atomic mass is 10.2. The summed E-state index contributed by atoms with van der Waals surface area (Å²) in [5.74, 6) is 0.236. The Bertz CT molecular complexity index is 180. The molecule has 0 aromatic heterocycles. The zero-order valence-corrected chi connectivity index (χ0v) is 8.12. The van der Waals surface area contributed by atoms with E-state index in [9.17, 15) is 9.90 Å². The molecule has 0 heterocycles. The third-order valence-electron chi connectivity index (χ3n) is 2.37. The average Bonchev–Trinajstić information content (AvgIpc) is 2.95. The third kappa shape index (κ3) is 3.32. The smallest absolute Gasteiger partial charge is 0.248 e. The van der Waals surface area contributed by atoms with Gasteiger partial charge < -0.3 is 15.2 Å². The third-order valence-corrected chi connectivity index (χ3v) is 2.37. The second-order valence-corrected chi connectivity index (χ2v) is 3.53. The van der Waals surface area contributed by atoms with E-state index in [2.05, 4.69) is 5.32 Å². The van der Waals surface area contributed by atoms with Gasteiger partial charge in [-0.1, -0.05) is 0 Å². The molecule has 1 aliphatic rings. The van der Waals surface area contributed by atoms with E-state index < -0.39 is 6.10 Å². The highest BCUT2D eigenvalue weighted by molar-refractivity contribution is 5.80. The van der Waals surface area contributed by atoms with E-state index in [0.29, 0.717) is 12.5 Å². The molecule has 13 heavy (non-hydrogen) atoms. The van der Waals surface area contributed by atoms with Crippen LogP contribution in [0.2, 0.25) is 0 Å². The Kier molecular flexibility index (Phi) is 3.69. The minimum absolute atomic E-state index is 0.165. The highest BCUT2D eigenvalue weighted by atomic mass is 16.5. The van der Waals surface area contributed by atoms with Gasteiger partial charge in [0.25, 0.3) is 0 Å². The summed E-state index contributed by atoms with van der Waals surface area (Å²) in [5, 5.41) is 12.1. The van der Waals surface area contributed by atoms with E-state index in [1.807, 2.05) is 0 Å². The van der Waals surface area contributed by atoms with Crippen molar-refractivity contribution in [1.29, 1.82) is 0 Å². The maximum atomic E-state index is 11.2. The van der Waals surface area contributed by atoms with Crippen molar-refractivity contribution in [2.75, 3.05) is 13.7 Å². The number of amides is 1. The number of carbonyl (C=O) groups is 1. The number of nitrogens with one attached hydrogen (secondary N) is 1. The van der Waals surface area contributed by atoms with E-state index in [0.717, 1.165) is 12.8 Å². The Morgan fingerprint density at radius 3 is 2.77 bits per heavy atom. The lowest BCUT2D eigenvalue weighted by Gasteiger charge is -2.13. The molecule has 0 aromatic rings. The predicted molar refractivity (Wildman–Crippen MR) is 48.2 cm³/mol. The van der Waals surface area contributed by atoms with Crippen molar-refractivity contribution in [1.82, 2.24) is 5.32 Å². The first-order valence-electron chi connectivity index (χ1n) is 4.63. The normalized spacial score (nSPS) is 20.8. The van der Waals surface area contributed by atoms with Gasteiger partial charge >= 0.3 is 0 Å². The van der Waals surface area contributed by atoms with Crippen LogP contribution >= 0.6 is 0 Å². The Morgan fingerprint density at radius 2 is 2.31 bits per heavy atom. The fourth-order valence-electron chi connectivity index (χ4n) is 1.10. The molecule has 76 valence electrons. The van der Waals surface area contributed by atoms with E-state index >= 15 is 0 Å². The van der Waals surface area contributed by atoms with Crippen molar-refractivity contribution in [3.63, 3.8) is 0 Å². The Balaban J connectivity index is 2.13. The zero-order valence-electron chi connectivity index (χ0n) is 8.12. The number of ether oxygens (including phenoxy) is 1. The van der Waals surface area contributed by atoms with E-state index in [4.69, 9.17) is 4.74 Å². The summed E-state index contributed by atoms with van der Waals surface area (Å²) in [5.41, 5.74) is 0. The van der Waals surface area contributed by atoms with Crippen molar-refractivity contribution in [2.24, 2.45) is 5.92 Å². The van der Waals surface area contributed by atoms with Gasteiger partial charge in [-0.25, -0.2) is 0 Å². The van der Waals surface area contributed by atoms with Crippen LogP contribution in [0, 0.1) is 5.92 Å². The molecule has 0 aromatic carbocycles. The molecule has 1 fully saturated rings. The Hall–Kier alpha value is -0.610. The number of hydrogen-bond donors (Lipinski definition) is 2. The first kappa shape index (κ1) is 10.5. The van der Waals surface area contributed by atoms with E-state index in [-0.39, 0.29) is 12.0 Å². The van der Waals surface area contributed by atoms with Crippen LogP contribution in [0.4, 0.5) is 0 Å². The van der Waals surface area contributed by atoms with Crippen LogP contribution < -0.4 is 5.32 Å². The van der Waals surface area contributed by atoms with Crippen molar-refractivity contribution < 1.29 is 14.6 Å². The molecule has 1 rings (SSSR count). The fourth-order valence-corrected chi connectivity index (χ4v) is 1.10. The van der Waals surface area contributed by atoms with Gasteiger partial charge in [0.1, 0.15) is 6.10 Å². The van der Waals surface area contributed by atoms with Gasteiger partial charge in [-0.2, -0.15) is 0 Å². The van der Waals surface area contributed by atoms with Crippen LogP contribution in [-0.4, -0.2) is 36.9 Å². The summed E-state index contributed by atoms with van der Waals surface area (Å²) in [6, 6.07) is 0. The molecule has 0 spiro atoms. The number of carbonyl (C=O) groups excluding carboxylic acids is 1. The topological polar surface area (TPSA) is 58.6 Å². The molecule has 0 radical (unpaired) electrons. The van der Waals surface area contributed by atoms with Crippen LogP contribution in [0.15, 0.2) is 0 Å². The quantitative estimate of drug-likeness (QED) is 0.632. The van der Waals surface area contributed by atoms with Crippen molar-refractivity contribution in [2.45, 2.75) is 32.0 Å². The molecule has 1 amide bonds. The van der Waals surface area contributed by atoms with Crippen LogP contribution in [0.1, 0.15) is 19.8 Å². The summed E-state index contributed by atoms with van der Waals surface area (Å²) in [4.78, 5) is 11.2. The molecule has 2 N–H and O–H groups in total. The van der Waals surface area contributed by atoms with Crippen molar-refractivity contribution >= 4 is 5.91 Å². The van der Waals surface area contributed by atoms with Gasteiger partial charge in [-0.15, -0.1) is 0 Å². The number of hydrogen-bond acceptors (Lipinski definition) is 3. The molecule has 1 saturated carbocycles. The minimum Gasteiger partial charge on any atom is -0.391 e. The lowest BCUT2D eigenvalue weighted by Crippen LogP contribution is -2.39. The fraction of sp³-hybridized carbons (Fsp3) is 0.889. The Labute approximate surface area is 78.3 Å². The van der Waals surface area contributed by atoms with Crippen LogP contribution in [0.3, 0.4) is 0 Å². The molecular weight excluding hydrogens is 170 g/mol. The minimum atomic E-state index is -0.439. The van der Waals surface area contributed by atoms with Gasteiger partial charge in [0, 0.05) is 13.7 Å². The monoisotopic (exact) mass is 187 g/mol. The first-order valence-corrected chi connectivity index (χ1v) is 4.63. The molecule has 0 aliphatic heterocycles. The van der Waals surface area contributed by atoms with Crippen LogP contribution in [-0.2, 0) is 9.53 Å². The van der Waals surface area contributed by atoms with E-state index in [1.165, 1.54) is 7.11 Å². The summed E-state index contributed by atoms with van der Waals surface area (Å²) < 4.78 is 4.83. The largest absolute Gasteiger partial charge is 0.391 e. The van der Waals surface area contributed by atoms with Gasteiger partial charge in [-0.3, -0.25) is 4.79 Å². The molecular formula is C9H17NO3. The number of methoxy groups -OCH3 is 1. The lowest BCUT2D eigenvalue weighted by molar-refractivity contribution is -0.130. The van der Waals surface area contributed by atoms with Crippen LogP contribution in [0.25, 0.3) is 0 Å². The summed E-state index contributed by atoms with van der Waals surface area (Å²) >= 11 is 0. The van der Waals surface area contributed by atoms with Gasteiger partial charge in [0.15, 0.2) is 0 Å². The van der Waals surface area contributed by atoms with Crippen LogP contribution in [0.5, 0.6) is 0 Å². The average molecular weight is 187 g/mol. The first-order chi connectivity index (χ1) is 6.15. The second-order valence-electron chi connectivity index (χ2n) is 3.53. The van der Waals surface area contributed by atoms with Gasteiger partial charge in [-0.05, 0) is 25.7 Å². The maximum Gasteiger partial charge on any atom is 0.248 e. The summed E-state index contributed by atoms with van der Waals surface area (Å²) in [7, 11) is 1.49. The Morgan fingerprint density at radius 1 is 1.69 bits per heavy atom. The highest BCUT2D eigenvalue weighted by Crippen LogP contribution is 2.32. The molecule has 0 bridgehead atoms. The molecule has 0 saturated heterocycles. The predicted octanol–water partition coefficient (Wildman–Crippen LogP) is -0.0916. The second kappa shape index (κ2) is 4.58. The van der Waals surface area contributed by atoms with Gasteiger partial charge in [0.05, 0.1) is 6.10 Å². The maximum absolute atomic E-state index is 11.2. The molecule has 4 heteroatoms. The molecule has 2 unspecified atom stereocenters. The molecule has 2 atom stereocenters. The molecule has 1 aliphatic carbocycles. The summed E-state index contributed by atoms with van der Waals surface area (Å²) in [6.45, 7) is 2.02. The van der Waals surface area contributed by atoms with E-state index in [1.54, 1.807) is 6.92 Å².